The van der Waals surface area contributed by atoms with Gasteiger partial charge in [-0.25, -0.2) is 4.99 Å². The molecule has 0 amide bonds. The lowest BCUT2D eigenvalue weighted by atomic mass is 9.77. The summed E-state index contributed by atoms with van der Waals surface area (Å²) in [5.41, 5.74) is 0. The molecule has 3 aliphatic rings. The lowest BCUT2D eigenvalue weighted by Gasteiger charge is -2.36. The standard InChI is InChI=1S/C17H29ClN2O/c18-15-8-4-7-14(12-15)16(20-17-19-9-10-21-17)11-13-5-2-1-3-6-13/h13-16H,1-12H2,(H,19,20). The minimum atomic E-state index is 0.367. The highest BCUT2D eigenvalue weighted by Crippen LogP contribution is 2.35. The first-order valence-corrected chi connectivity index (χ1v) is 9.33. The summed E-state index contributed by atoms with van der Waals surface area (Å²) in [6, 6.07) is 1.29. The molecule has 2 aliphatic carbocycles. The van der Waals surface area contributed by atoms with Crippen LogP contribution in [-0.2, 0) is 4.74 Å². The van der Waals surface area contributed by atoms with Gasteiger partial charge in [0, 0.05) is 11.4 Å². The third-order valence-corrected chi connectivity index (χ3v) is 5.82. The van der Waals surface area contributed by atoms with Crippen molar-refractivity contribution in [3.63, 3.8) is 0 Å². The molecule has 1 N–H and O–H groups in total. The van der Waals surface area contributed by atoms with Gasteiger partial charge in [-0.2, -0.15) is 0 Å². The van der Waals surface area contributed by atoms with Crippen molar-refractivity contribution in [2.45, 2.75) is 75.6 Å². The van der Waals surface area contributed by atoms with E-state index in [0.29, 0.717) is 17.3 Å². The minimum absolute atomic E-state index is 0.367. The van der Waals surface area contributed by atoms with E-state index >= 15 is 0 Å². The maximum Gasteiger partial charge on any atom is 0.285 e. The lowest BCUT2D eigenvalue weighted by molar-refractivity contribution is 0.218. The van der Waals surface area contributed by atoms with E-state index in [0.717, 1.165) is 31.5 Å². The smallest absolute Gasteiger partial charge is 0.285 e. The third kappa shape index (κ3) is 4.51. The van der Waals surface area contributed by atoms with Crippen molar-refractivity contribution in [3.8, 4) is 0 Å². The fraction of sp³-hybridized carbons (Fsp3) is 0.941. The lowest BCUT2D eigenvalue weighted by Crippen LogP contribution is -2.43. The monoisotopic (exact) mass is 312 g/mol. The topological polar surface area (TPSA) is 33.6 Å². The molecule has 2 saturated carbocycles. The molecule has 3 nitrogen and oxygen atoms in total. The SMILES string of the molecule is ClC1CCCC(C(CC2CCCCC2)NC2=NCCO2)C1. The summed E-state index contributed by atoms with van der Waals surface area (Å²) in [5.74, 6) is 1.57. The van der Waals surface area contributed by atoms with E-state index in [1.165, 1.54) is 57.8 Å². The van der Waals surface area contributed by atoms with E-state index in [2.05, 4.69) is 10.3 Å². The molecule has 0 aromatic heterocycles. The normalized spacial score (nSPS) is 32.3. The summed E-state index contributed by atoms with van der Waals surface area (Å²) in [4.78, 5) is 4.43. The Hall–Kier alpha value is -0.440. The van der Waals surface area contributed by atoms with Crippen molar-refractivity contribution < 1.29 is 4.74 Å². The van der Waals surface area contributed by atoms with E-state index in [1.807, 2.05) is 0 Å². The Kier molecular flexibility index (Phi) is 5.68. The number of amidine groups is 1. The third-order valence-electron chi connectivity index (χ3n) is 5.43. The van der Waals surface area contributed by atoms with Crippen molar-refractivity contribution in [1.82, 2.24) is 5.32 Å². The van der Waals surface area contributed by atoms with Crippen LogP contribution in [0.25, 0.3) is 0 Å². The number of halogens is 1. The summed E-state index contributed by atoms with van der Waals surface area (Å²) in [7, 11) is 0. The van der Waals surface area contributed by atoms with Crippen LogP contribution in [0.3, 0.4) is 0 Å². The van der Waals surface area contributed by atoms with E-state index in [-0.39, 0.29) is 0 Å². The number of rotatable bonds is 4. The molecule has 21 heavy (non-hydrogen) atoms. The highest BCUT2D eigenvalue weighted by Gasteiger charge is 2.31. The van der Waals surface area contributed by atoms with Crippen LogP contribution in [0.15, 0.2) is 4.99 Å². The fourth-order valence-electron chi connectivity index (χ4n) is 4.26. The van der Waals surface area contributed by atoms with Gasteiger partial charge in [-0.05, 0) is 37.5 Å². The van der Waals surface area contributed by atoms with Gasteiger partial charge in [-0.1, -0.05) is 38.5 Å². The van der Waals surface area contributed by atoms with Gasteiger partial charge >= 0.3 is 0 Å². The van der Waals surface area contributed by atoms with Gasteiger partial charge in [0.1, 0.15) is 6.61 Å². The molecular weight excluding hydrogens is 284 g/mol. The number of aliphatic imine (C=N–C) groups is 1. The Labute approximate surface area is 133 Å². The van der Waals surface area contributed by atoms with Gasteiger partial charge in [0.2, 0.25) is 0 Å². The molecule has 2 fully saturated rings. The van der Waals surface area contributed by atoms with Crippen LogP contribution >= 0.6 is 11.6 Å². The zero-order valence-electron chi connectivity index (χ0n) is 13.0. The molecule has 3 unspecified atom stereocenters. The van der Waals surface area contributed by atoms with Crippen LogP contribution in [0.5, 0.6) is 0 Å². The van der Waals surface area contributed by atoms with Gasteiger partial charge in [-0.15, -0.1) is 11.6 Å². The van der Waals surface area contributed by atoms with E-state index in [9.17, 15) is 0 Å². The van der Waals surface area contributed by atoms with E-state index < -0.39 is 0 Å². The van der Waals surface area contributed by atoms with Gasteiger partial charge < -0.3 is 10.1 Å². The Morgan fingerprint density at radius 1 is 1.14 bits per heavy atom. The molecule has 0 aromatic carbocycles. The summed E-state index contributed by atoms with van der Waals surface area (Å²) >= 11 is 6.43. The highest BCUT2D eigenvalue weighted by molar-refractivity contribution is 6.20. The van der Waals surface area contributed by atoms with Crippen molar-refractivity contribution in [2.24, 2.45) is 16.8 Å². The Morgan fingerprint density at radius 3 is 2.71 bits per heavy atom. The highest BCUT2D eigenvalue weighted by atomic mass is 35.5. The molecule has 0 saturated heterocycles. The van der Waals surface area contributed by atoms with Crippen LogP contribution in [0, 0.1) is 11.8 Å². The van der Waals surface area contributed by atoms with Crippen molar-refractivity contribution in [2.75, 3.05) is 13.2 Å². The van der Waals surface area contributed by atoms with E-state index in [1.54, 1.807) is 0 Å². The fourth-order valence-corrected chi connectivity index (χ4v) is 4.65. The van der Waals surface area contributed by atoms with Gasteiger partial charge in [0.05, 0.1) is 6.54 Å². The van der Waals surface area contributed by atoms with Crippen LogP contribution < -0.4 is 5.32 Å². The number of alkyl halides is 1. The summed E-state index contributed by atoms with van der Waals surface area (Å²) in [5, 5.41) is 3.99. The number of nitrogens with zero attached hydrogens (tertiary/aromatic N) is 1. The summed E-state index contributed by atoms with van der Waals surface area (Å²) < 4.78 is 5.60. The molecule has 3 rings (SSSR count). The molecule has 1 aliphatic heterocycles. The quantitative estimate of drug-likeness (QED) is 0.793. The molecule has 4 heteroatoms. The molecule has 120 valence electrons. The molecule has 1 heterocycles. The number of nitrogens with one attached hydrogen (secondary N) is 1. The van der Waals surface area contributed by atoms with Crippen LogP contribution in [0.2, 0.25) is 0 Å². The van der Waals surface area contributed by atoms with Gasteiger partial charge in [0.15, 0.2) is 0 Å². The van der Waals surface area contributed by atoms with Crippen molar-refractivity contribution in [1.29, 1.82) is 0 Å². The molecule has 0 bridgehead atoms. The molecule has 3 atom stereocenters. The summed E-state index contributed by atoms with van der Waals surface area (Å²) in [6.45, 7) is 1.54. The Bertz CT molecular complexity index is 355. The van der Waals surface area contributed by atoms with Gasteiger partial charge in [-0.3, -0.25) is 0 Å². The zero-order chi connectivity index (χ0) is 14.5. The largest absolute Gasteiger partial charge is 0.463 e. The predicted octanol–water partition coefficient (Wildman–Crippen LogP) is 4.10. The zero-order valence-corrected chi connectivity index (χ0v) is 13.8. The maximum absolute atomic E-state index is 6.43. The number of hydrogen-bond donors (Lipinski definition) is 1. The van der Waals surface area contributed by atoms with Crippen molar-refractivity contribution in [3.05, 3.63) is 0 Å². The molecular formula is C17H29ClN2O. The van der Waals surface area contributed by atoms with Crippen LogP contribution in [-0.4, -0.2) is 30.6 Å². The number of hydrogen-bond acceptors (Lipinski definition) is 3. The second-order valence-electron chi connectivity index (χ2n) is 7.05. The van der Waals surface area contributed by atoms with Crippen molar-refractivity contribution >= 4 is 17.6 Å². The van der Waals surface area contributed by atoms with Crippen LogP contribution in [0.1, 0.15) is 64.2 Å². The molecule has 0 spiro atoms. The Balaban J connectivity index is 1.60. The first kappa shape index (κ1) is 15.5. The van der Waals surface area contributed by atoms with Gasteiger partial charge in [0.25, 0.3) is 6.02 Å². The number of ether oxygens (including phenoxy) is 1. The van der Waals surface area contributed by atoms with E-state index in [4.69, 9.17) is 16.3 Å². The second kappa shape index (κ2) is 7.71. The molecule has 0 aromatic rings. The second-order valence-corrected chi connectivity index (χ2v) is 7.67. The average Bonchev–Trinajstić information content (AvgIpc) is 3.01. The first-order chi connectivity index (χ1) is 10.3. The van der Waals surface area contributed by atoms with Crippen LogP contribution in [0.4, 0.5) is 0 Å². The average molecular weight is 313 g/mol. The maximum atomic E-state index is 6.43. The molecule has 0 radical (unpaired) electrons. The first-order valence-electron chi connectivity index (χ1n) is 8.89. The summed E-state index contributed by atoms with van der Waals surface area (Å²) in [6.07, 6.45) is 13.3. The predicted molar refractivity (Wildman–Crippen MR) is 88.0 cm³/mol. The Morgan fingerprint density at radius 2 is 2.00 bits per heavy atom. The minimum Gasteiger partial charge on any atom is -0.463 e.